The highest BCUT2D eigenvalue weighted by Gasteiger charge is 2.10. The third kappa shape index (κ3) is 5.63. The second-order valence-corrected chi connectivity index (χ2v) is 7.12. The van der Waals surface area contributed by atoms with Gasteiger partial charge in [0.25, 0.3) is 0 Å². The molecule has 0 aliphatic rings. The van der Waals surface area contributed by atoms with Crippen molar-refractivity contribution >= 4 is 39.2 Å². The number of nitrogens with zero attached hydrogens (tertiary/aromatic N) is 1. The van der Waals surface area contributed by atoms with Crippen molar-refractivity contribution in [2.24, 2.45) is 0 Å². The Labute approximate surface area is 123 Å². The van der Waals surface area contributed by atoms with Gasteiger partial charge in [-0.05, 0) is 23.8 Å². The molecule has 0 amide bonds. The van der Waals surface area contributed by atoms with E-state index in [2.05, 4.69) is 0 Å². The lowest BCUT2D eigenvalue weighted by atomic mass is 10.1. The van der Waals surface area contributed by atoms with Crippen LogP contribution in [0.3, 0.4) is 0 Å². The number of aliphatic carboxylic acids is 1. The maximum atomic E-state index is 11.2. The molecule has 0 bridgehead atoms. The zero-order valence-electron chi connectivity index (χ0n) is 11.2. The van der Waals surface area contributed by atoms with E-state index in [1.165, 1.54) is 12.3 Å². The summed E-state index contributed by atoms with van der Waals surface area (Å²) in [6, 6.07) is 5.01. The predicted octanol–water partition coefficient (Wildman–Crippen LogP) is 1.92. The van der Waals surface area contributed by atoms with E-state index in [1.54, 1.807) is 30.1 Å². The number of hydrogen-bond donors (Lipinski definition) is 1. The third-order valence-electron chi connectivity index (χ3n) is 2.61. The molecule has 1 rings (SSSR count). The minimum atomic E-state index is -3.06. The molecule has 5 nitrogen and oxygen atoms in total. The van der Waals surface area contributed by atoms with Crippen molar-refractivity contribution in [1.82, 2.24) is 0 Å². The highest BCUT2D eigenvalue weighted by atomic mass is 35.5. The van der Waals surface area contributed by atoms with Crippen molar-refractivity contribution in [2.45, 2.75) is 0 Å². The molecule has 110 valence electrons. The number of rotatable bonds is 6. The second kappa shape index (κ2) is 6.76. The lowest BCUT2D eigenvalue weighted by Gasteiger charge is -2.21. The summed E-state index contributed by atoms with van der Waals surface area (Å²) in [5, 5.41) is 9.16. The van der Waals surface area contributed by atoms with E-state index in [0.717, 1.165) is 6.08 Å². The average Bonchev–Trinajstić information content (AvgIpc) is 2.33. The molecular formula is C13H16ClNO4S. The van der Waals surface area contributed by atoms with E-state index < -0.39 is 15.8 Å². The molecule has 1 N–H and O–H groups in total. The summed E-state index contributed by atoms with van der Waals surface area (Å²) < 4.78 is 22.4. The summed E-state index contributed by atoms with van der Waals surface area (Å²) in [4.78, 5) is 12.3. The maximum Gasteiger partial charge on any atom is 0.328 e. The number of benzene rings is 1. The monoisotopic (exact) mass is 317 g/mol. The fourth-order valence-electron chi connectivity index (χ4n) is 1.57. The molecule has 0 aromatic heterocycles. The van der Waals surface area contributed by atoms with Gasteiger partial charge >= 0.3 is 5.97 Å². The van der Waals surface area contributed by atoms with Crippen LogP contribution in [0, 0.1) is 0 Å². The Bertz CT molecular complexity index is 625. The molecule has 0 saturated heterocycles. The number of hydrogen-bond acceptors (Lipinski definition) is 4. The van der Waals surface area contributed by atoms with Crippen molar-refractivity contribution in [3.8, 4) is 0 Å². The number of sulfone groups is 1. The van der Waals surface area contributed by atoms with Gasteiger partial charge in [0.1, 0.15) is 9.84 Å². The lowest BCUT2D eigenvalue weighted by Crippen LogP contribution is -2.25. The van der Waals surface area contributed by atoms with Crippen molar-refractivity contribution in [3.05, 3.63) is 34.9 Å². The van der Waals surface area contributed by atoms with Gasteiger partial charge in [-0.3, -0.25) is 0 Å². The van der Waals surface area contributed by atoms with Gasteiger partial charge in [0.2, 0.25) is 0 Å². The zero-order chi connectivity index (χ0) is 15.3. The Hall–Kier alpha value is -1.53. The average molecular weight is 318 g/mol. The van der Waals surface area contributed by atoms with Crippen LogP contribution in [0.25, 0.3) is 6.08 Å². The number of carbonyl (C=O) groups is 1. The molecular weight excluding hydrogens is 302 g/mol. The smallest absolute Gasteiger partial charge is 0.328 e. The summed E-state index contributed by atoms with van der Waals surface area (Å²) in [7, 11) is -1.33. The number of carboxylic acid groups (broad SMARTS) is 1. The highest BCUT2D eigenvalue weighted by Crippen LogP contribution is 2.25. The van der Waals surface area contributed by atoms with Crippen LogP contribution >= 0.6 is 11.6 Å². The molecule has 0 heterocycles. The van der Waals surface area contributed by atoms with Gasteiger partial charge in [-0.2, -0.15) is 0 Å². The third-order valence-corrected chi connectivity index (χ3v) is 3.77. The standard InChI is InChI=1S/C13H16ClNO4S/c1-15(7-8-20(2,18)19)12-9-11(14)5-3-10(12)4-6-13(16)17/h3-6,9H,7-8H2,1-2H3,(H,16,17)/b6-4+. The fraction of sp³-hybridized carbons (Fsp3) is 0.308. The van der Waals surface area contributed by atoms with Gasteiger partial charge < -0.3 is 10.0 Å². The first kappa shape index (κ1) is 16.5. The van der Waals surface area contributed by atoms with Crippen molar-refractivity contribution in [3.63, 3.8) is 0 Å². The lowest BCUT2D eigenvalue weighted by molar-refractivity contribution is -0.131. The molecule has 0 radical (unpaired) electrons. The first-order valence-corrected chi connectivity index (χ1v) is 8.22. The Balaban J connectivity index is 3.02. The van der Waals surface area contributed by atoms with Gasteiger partial charge in [-0.25, -0.2) is 13.2 Å². The van der Waals surface area contributed by atoms with Gasteiger partial charge in [-0.15, -0.1) is 0 Å². The first-order chi connectivity index (χ1) is 9.19. The minimum Gasteiger partial charge on any atom is -0.478 e. The van der Waals surface area contributed by atoms with E-state index >= 15 is 0 Å². The minimum absolute atomic E-state index is 0.0120. The zero-order valence-corrected chi connectivity index (χ0v) is 12.8. The molecule has 0 aliphatic carbocycles. The van der Waals surface area contributed by atoms with Crippen molar-refractivity contribution in [2.75, 3.05) is 30.5 Å². The summed E-state index contributed by atoms with van der Waals surface area (Å²) in [6.07, 6.45) is 3.64. The van der Waals surface area contributed by atoms with Crippen LogP contribution in [0.15, 0.2) is 24.3 Å². The maximum absolute atomic E-state index is 11.2. The normalized spacial score (nSPS) is 11.8. The van der Waals surface area contributed by atoms with Crippen LogP contribution in [0.4, 0.5) is 5.69 Å². The van der Waals surface area contributed by atoms with Crippen molar-refractivity contribution < 1.29 is 18.3 Å². The van der Waals surface area contributed by atoms with E-state index in [1.807, 2.05) is 0 Å². The molecule has 0 saturated carbocycles. The van der Waals surface area contributed by atoms with Crippen LogP contribution in [-0.2, 0) is 14.6 Å². The van der Waals surface area contributed by atoms with Gasteiger partial charge in [0, 0.05) is 36.6 Å². The quantitative estimate of drug-likeness (QED) is 0.811. The molecule has 0 aliphatic heterocycles. The Morgan fingerprint density at radius 2 is 2.10 bits per heavy atom. The van der Waals surface area contributed by atoms with E-state index in [9.17, 15) is 13.2 Å². The number of halogens is 1. The van der Waals surface area contributed by atoms with E-state index in [0.29, 0.717) is 22.8 Å². The van der Waals surface area contributed by atoms with Gasteiger partial charge in [0.05, 0.1) is 5.75 Å². The summed E-state index contributed by atoms with van der Waals surface area (Å²) in [6.45, 7) is 0.299. The molecule has 0 spiro atoms. The first-order valence-electron chi connectivity index (χ1n) is 5.78. The SMILES string of the molecule is CN(CCS(C)(=O)=O)c1cc(Cl)ccc1/C=C/C(=O)O. The number of anilines is 1. The molecule has 1 aromatic carbocycles. The van der Waals surface area contributed by atoms with Crippen LogP contribution in [-0.4, -0.2) is 45.1 Å². The fourth-order valence-corrected chi connectivity index (χ4v) is 2.34. The van der Waals surface area contributed by atoms with Gasteiger partial charge in [0.15, 0.2) is 0 Å². The molecule has 0 unspecified atom stereocenters. The molecule has 20 heavy (non-hydrogen) atoms. The summed E-state index contributed by atoms with van der Waals surface area (Å²) >= 11 is 5.93. The largest absolute Gasteiger partial charge is 0.478 e. The second-order valence-electron chi connectivity index (χ2n) is 4.43. The molecule has 7 heteroatoms. The van der Waals surface area contributed by atoms with E-state index in [4.69, 9.17) is 16.7 Å². The van der Waals surface area contributed by atoms with Crippen molar-refractivity contribution in [1.29, 1.82) is 0 Å². The molecule has 1 aromatic rings. The number of carboxylic acids is 1. The van der Waals surface area contributed by atoms with Crippen LogP contribution in [0.5, 0.6) is 0 Å². The van der Waals surface area contributed by atoms with E-state index in [-0.39, 0.29) is 5.75 Å². The Kier molecular flexibility index (Phi) is 5.59. The topological polar surface area (TPSA) is 74.7 Å². The van der Waals surface area contributed by atoms with Gasteiger partial charge in [-0.1, -0.05) is 17.7 Å². The summed E-state index contributed by atoms with van der Waals surface area (Å²) in [5.41, 5.74) is 1.34. The molecule has 0 fully saturated rings. The van der Waals surface area contributed by atoms with Crippen LogP contribution < -0.4 is 4.90 Å². The predicted molar refractivity (Wildman–Crippen MR) is 81.1 cm³/mol. The summed E-state index contributed by atoms with van der Waals surface area (Å²) in [5.74, 6) is -1.04. The Morgan fingerprint density at radius 1 is 1.45 bits per heavy atom. The molecule has 0 atom stereocenters. The van der Waals surface area contributed by atoms with Crippen LogP contribution in [0.2, 0.25) is 5.02 Å². The van der Waals surface area contributed by atoms with Crippen LogP contribution in [0.1, 0.15) is 5.56 Å². The Morgan fingerprint density at radius 3 is 2.65 bits per heavy atom. The highest BCUT2D eigenvalue weighted by molar-refractivity contribution is 7.90.